The Morgan fingerprint density at radius 3 is 2.74 bits per heavy atom. The molecule has 0 aliphatic rings. The molecular formula is C12H8ClN3O3. The molecule has 0 radical (unpaired) electrons. The maximum atomic E-state index is 11.7. The average Bonchev–Trinajstić information content (AvgIpc) is 2.39. The van der Waals surface area contributed by atoms with Gasteiger partial charge in [0, 0.05) is 6.20 Å². The number of nitriles is 1. The molecule has 2 aromatic rings. The van der Waals surface area contributed by atoms with Crippen LogP contribution in [0.1, 0.15) is 5.56 Å². The van der Waals surface area contributed by atoms with Gasteiger partial charge in [0.25, 0.3) is 5.56 Å². The molecule has 7 heteroatoms. The number of rotatable bonds is 2. The fourth-order valence-corrected chi connectivity index (χ4v) is 1.80. The van der Waals surface area contributed by atoms with Gasteiger partial charge in [-0.05, 0) is 18.2 Å². The van der Waals surface area contributed by atoms with Crippen molar-refractivity contribution in [3.8, 4) is 17.5 Å². The topological polar surface area (TPSA) is 87.9 Å². The number of ether oxygens (including phenoxy) is 1. The summed E-state index contributed by atoms with van der Waals surface area (Å²) in [4.78, 5) is 25.0. The van der Waals surface area contributed by atoms with E-state index in [1.807, 2.05) is 0 Å². The molecule has 0 saturated heterocycles. The summed E-state index contributed by atoms with van der Waals surface area (Å²) in [6.07, 6.45) is 1.17. The normalized spacial score (nSPS) is 9.95. The lowest BCUT2D eigenvalue weighted by atomic mass is 10.3. The Morgan fingerprint density at radius 1 is 1.42 bits per heavy atom. The van der Waals surface area contributed by atoms with Crippen LogP contribution < -0.4 is 16.0 Å². The van der Waals surface area contributed by atoms with E-state index in [0.717, 1.165) is 4.57 Å². The van der Waals surface area contributed by atoms with Gasteiger partial charge in [-0.3, -0.25) is 14.3 Å². The van der Waals surface area contributed by atoms with E-state index in [1.165, 1.54) is 19.4 Å². The van der Waals surface area contributed by atoms with E-state index in [4.69, 9.17) is 21.6 Å². The van der Waals surface area contributed by atoms with Gasteiger partial charge in [0.1, 0.15) is 17.4 Å². The van der Waals surface area contributed by atoms with Crippen molar-refractivity contribution in [3.63, 3.8) is 0 Å². The third-order valence-corrected chi connectivity index (χ3v) is 2.77. The van der Waals surface area contributed by atoms with Crippen molar-refractivity contribution in [1.29, 1.82) is 5.26 Å². The van der Waals surface area contributed by atoms with Crippen LogP contribution in [-0.2, 0) is 0 Å². The fourth-order valence-electron chi connectivity index (χ4n) is 1.55. The molecule has 19 heavy (non-hydrogen) atoms. The molecule has 1 N–H and O–H groups in total. The van der Waals surface area contributed by atoms with Crippen LogP contribution in [0.2, 0.25) is 5.02 Å². The van der Waals surface area contributed by atoms with Crippen LogP contribution >= 0.6 is 11.6 Å². The first-order chi connectivity index (χ1) is 9.06. The van der Waals surface area contributed by atoms with Crippen molar-refractivity contribution in [3.05, 3.63) is 55.8 Å². The van der Waals surface area contributed by atoms with Gasteiger partial charge in [0.15, 0.2) is 0 Å². The number of nitrogens with one attached hydrogen (secondary N) is 1. The van der Waals surface area contributed by atoms with Gasteiger partial charge in [0.05, 0.1) is 17.8 Å². The van der Waals surface area contributed by atoms with Gasteiger partial charge in [-0.15, -0.1) is 0 Å². The molecule has 0 aliphatic carbocycles. The van der Waals surface area contributed by atoms with E-state index in [-0.39, 0.29) is 5.56 Å². The quantitative estimate of drug-likeness (QED) is 0.889. The molecule has 1 aromatic carbocycles. The first-order valence-corrected chi connectivity index (χ1v) is 5.54. The smallest absolute Gasteiger partial charge is 0.332 e. The zero-order valence-corrected chi connectivity index (χ0v) is 10.6. The zero-order valence-electron chi connectivity index (χ0n) is 9.81. The number of nitrogens with zero attached hydrogens (tertiary/aromatic N) is 2. The predicted molar refractivity (Wildman–Crippen MR) is 68.9 cm³/mol. The summed E-state index contributed by atoms with van der Waals surface area (Å²) >= 11 is 5.96. The number of hydrogen-bond donors (Lipinski definition) is 1. The maximum absolute atomic E-state index is 11.7. The number of halogens is 1. The minimum Gasteiger partial charge on any atom is -0.495 e. The van der Waals surface area contributed by atoms with Crippen molar-refractivity contribution >= 4 is 11.6 Å². The third-order valence-electron chi connectivity index (χ3n) is 2.48. The van der Waals surface area contributed by atoms with E-state index < -0.39 is 11.2 Å². The second-order valence-corrected chi connectivity index (χ2v) is 4.01. The molecule has 0 unspecified atom stereocenters. The number of H-pyrrole nitrogens is 1. The van der Waals surface area contributed by atoms with E-state index in [9.17, 15) is 9.59 Å². The molecule has 0 aliphatic heterocycles. The van der Waals surface area contributed by atoms with Crippen LogP contribution in [0.4, 0.5) is 0 Å². The Bertz CT molecular complexity index is 786. The highest BCUT2D eigenvalue weighted by Crippen LogP contribution is 2.25. The molecule has 0 fully saturated rings. The van der Waals surface area contributed by atoms with Gasteiger partial charge >= 0.3 is 5.69 Å². The molecular weight excluding hydrogens is 270 g/mol. The summed E-state index contributed by atoms with van der Waals surface area (Å²) in [7, 11) is 1.47. The largest absolute Gasteiger partial charge is 0.495 e. The molecule has 6 nitrogen and oxygen atoms in total. The highest BCUT2D eigenvalue weighted by Gasteiger charge is 2.08. The van der Waals surface area contributed by atoms with Gasteiger partial charge in [-0.2, -0.15) is 5.26 Å². The van der Waals surface area contributed by atoms with Crippen LogP contribution in [0, 0.1) is 11.3 Å². The lowest BCUT2D eigenvalue weighted by molar-refractivity contribution is 0.415. The Balaban J connectivity index is 2.66. The van der Waals surface area contributed by atoms with Crippen molar-refractivity contribution in [2.45, 2.75) is 0 Å². The van der Waals surface area contributed by atoms with Crippen molar-refractivity contribution in [1.82, 2.24) is 9.55 Å². The molecule has 0 amide bonds. The standard InChI is InChI=1S/C12H8ClN3O3/c1-19-10-3-2-8(4-9(10)13)16-6-7(5-14)11(17)15-12(16)18/h2-4,6H,1H3,(H,15,17,18). The van der Waals surface area contributed by atoms with Crippen LogP contribution in [0.5, 0.6) is 5.75 Å². The lowest BCUT2D eigenvalue weighted by Crippen LogP contribution is -2.30. The maximum Gasteiger partial charge on any atom is 0.332 e. The Kier molecular flexibility index (Phi) is 3.40. The van der Waals surface area contributed by atoms with E-state index in [2.05, 4.69) is 4.98 Å². The Morgan fingerprint density at radius 2 is 2.16 bits per heavy atom. The average molecular weight is 278 g/mol. The molecule has 2 rings (SSSR count). The van der Waals surface area contributed by atoms with Crippen LogP contribution in [-0.4, -0.2) is 16.7 Å². The summed E-state index contributed by atoms with van der Waals surface area (Å²) in [5, 5.41) is 9.10. The SMILES string of the molecule is COc1ccc(-n2cc(C#N)c(=O)[nH]c2=O)cc1Cl. The van der Waals surface area contributed by atoms with Crippen molar-refractivity contribution < 1.29 is 4.74 Å². The second kappa shape index (κ2) is 5.00. The summed E-state index contributed by atoms with van der Waals surface area (Å²) in [6, 6.07) is 6.38. The lowest BCUT2D eigenvalue weighted by Gasteiger charge is -2.08. The zero-order chi connectivity index (χ0) is 14.0. The number of methoxy groups -OCH3 is 1. The summed E-state index contributed by atoms with van der Waals surface area (Å²) in [5.74, 6) is 0.461. The third kappa shape index (κ3) is 2.37. The molecule has 0 bridgehead atoms. The van der Waals surface area contributed by atoms with Crippen LogP contribution in [0.25, 0.3) is 5.69 Å². The number of aromatic nitrogens is 2. The predicted octanol–water partition coefficient (Wildman–Crippen LogP) is 1.06. The number of benzene rings is 1. The number of hydrogen-bond acceptors (Lipinski definition) is 4. The molecule has 0 spiro atoms. The first-order valence-electron chi connectivity index (χ1n) is 5.17. The first kappa shape index (κ1) is 12.9. The minimum absolute atomic E-state index is 0.161. The van der Waals surface area contributed by atoms with E-state index >= 15 is 0 Å². The number of aromatic amines is 1. The monoisotopic (exact) mass is 277 g/mol. The van der Waals surface area contributed by atoms with Gasteiger partial charge in [-0.25, -0.2) is 4.79 Å². The summed E-state index contributed by atoms with van der Waals surface area (Å²) in [5.41, 5.74) is -1.11. The highest BCUT2D eigenvalue weighted by atomic mass is 35.5. The van der Waals surface area contributed by atoms with E-state index in [1.54, 1.807) is 18.2 Å². The van der Waals surface area contributed by atoms with Gasteiger partial charge in [-0.1, -0.05) is 11.6 Å². The second-order valence-electron chi connectivity index (χ2n) is 3.60. The molecule has 0 saturated carbocycles. The van der Waals surface area contributed by atoms with Crippen LogP contribution in [0.15, 0.2) is 34.0 Å². The Hall–Kier alpha value is -2.52. The van der Waals surface area contributed by atoms with Gasteiger partial charge in [0.2, 0.25) is 0 Å². The van der Waals surface area contributed by atoms with E-state index in [0.29, 0.717) is 16.5 Å². The fraction of sp³-hybridized carbons (Fsp3) is 0.0833. The van der Waals surface area contributed by atoms with Gasteiger partial charge < -0.3 is 4.74 Å². The minimum atomic E-state index is -0.719. The molecule has 96 valence electrons. The molecule has 1 aromatic heterocycles. The highest BCUT2D eigenvalue weighted by molar-refractivity contribution is 6.32. The Labute approximate surface area is 112 Å². The van der Waals surface area contributed by atoms with Crippen LogP contribution in [0.3, 0.4) is 0 Å². The summed E-state index contributed by atoms with van der Waals surface area (Å²) in [6.45, 7) is 0. The van der Waals surface area contributed by atoms with Crippen molar-refractivity contribution in [2.75, 3.05) is 7.11 Å². The molecule has 1 heterocycles. The van der Waals surface area contributed by atoms with Crippen molar-refractivity contribution in [2.24, 2.45) is 0 Å². The summed E-state index contributed by atoms with van der Waals surface area (Å²) < 4.78 is 6.13. The molecule has 0 atom stereocenters.